The van der Waals surface area contributed by atoms with Crippen molar-refractivity contribution in [3.05, 3.63) is 90.3 Å². The number of nitrogen functional groups attached to an aromatic ring is 1. The molecule has 35 heavy (non-hydrogen) atoms. The number of hydrogen-bond acceptors (Lipinski definition) is 4. The summed E-state index contributed by atoms with van der Waals surface area (Å²) in [7, 11) is 0. The molecular weight excluding hydrogens is 437 g/mol. The second-order valence-electron chi connectivity index (χ2n) is 9.23. The minimum atomic E-state index is -0.225. The molecule has 184 valence electrons. The first-order valence-electron chi connectivity index (χ1n) is 12.7. The molecule has 4 nitrogen and oxygen atoms in total. The molecule has 1 fully saturated rings. The van der Waals surface area contributed by atoms with Crippen molar-refractivity contribution in [1.29, 1.82) is 0 Å². The van der Waals surface area contributed by atoms with Gasteiger partial charge in [0.15, 0.2) is 0 Å². The van der Waals surface area contributed by atoms with Gasteiger partial charge in [0.2, 0.25) is 0 Å². The molecule has 0 saturated heterocycles. The highest BCUT2D eigenvalue weighted by Crippen LogP contribution is 2.32. The summed E-state index contributed by atoms with van der Waals surface area (Å²) in [6.07, 6.45) is 7.08. The molecule has 0 spiro atoms. The van der Waals surface area contributed by atoms with E-state index in [1.807, 2.05) is 60.7 Å². The van der Waals surface area contributed by atoms with Crippen LogP contribution in [0.15, 0.2) is 73.3 Å². The van der Waals surface area contributed by atoms with Crippen molar-refractivity contribution in [3.63, 3.8) is 0 Å². The van der Waals surface area contributed by atoms with Crippen molar-refractivity contribution in [3.8, 4) is 11.5 Å². The molecule has 1 aliphatic carbocycles. The second-order valence-corrected chi connectivity index (χ2v) is 9.23. The van der Waals surface area contributed by atoms with Crippen molar-refractivity contribution >= 4 is 17.1 Å². The quantitative estimate of drug-likeness (QED) is 0.295. The van der Waals surface area contributed by atoms with E-state index in [1.54, 1.807) is 6.07 Å². The van der Waals surface area contributed by atoms with Gasteiger partial charge in [0.1, 0.15) is 17.3 Å². The first kappa shape index (κ1) is 24.6. The van der Waals surface area contributed by atoms with Gasteiger partial charge in [0, 0.05) is 42.0 Å². The lowest BCUT2D eigenvalue weighted by atomic mass is 9.93. The molecule has 0 aromatic heterocycles. The Labute approximate surface area is 208 Å². The molecular formula is C30H36FN3O. The van der Waals surface area contributed by atoms with E-state index in [9.17, 15) is 0 Å². The van der Waals surface area contributed by atoms with Gasteiger partial charge in [-0.3, -0.25) is 0 Å². The summed E-state index contributed by atoms with van der Waals surface area (Å²) in [5, 5.41) is 3.29. The van der Waals surface area contributed by atoms with Crippen molar-refractivity contribution in [2.24, 2.45) is 0 Å². The van der Waals surface area contributed by atoms with Gasteiger partial charge in [-0.15, -0.1) is 0 Å². The number of hydrogen-bond donors (Lipinski definition) is 2. The fourth-order valence-electron chi connectivity index (χ4n) is 4.83. The molecule has 0 bridgehead atoms. The molecule has 1 saturated carbocycles. The molecule has 0 amide bonds. The molecule has 0 aliphatic heterocycles. The minimum absolute atomic E-state index is 0.225. The summed E-state index contributed by atoms with van der Waals surface area (Å²) in [6, 6.07) is 21.0. The Morgan fingerprint density at radius 2 is 1.80 bits per heavy atom. The maximum atomic E-state index is 15.7. The molecule has 0 heterocycles. The van der Waals surface area contributed by atoms with Crippen LogP contribution in [0.2, 0.25) is 0 Å². The van der Waals surface area contributed by atoms with E-state index in [4.69, 9.17) is 10.5 Å². The van der Waals surface area contributed by atoms with Crippen LogP contribution in [-0.2, 0) is 6.54 Å². The number of ether oxygens (including phenoxy) is 1. The Bertz CT molecular complexity index is 1130. The van der Waals surface area contributed by atoms with Crippen LogP contribution in [-0.4, -0.2) is 17.5 Å². The van der Waals surface area contributed by atoms with Crippen LogP contribution in [0.25, 0.3) is 5.70 Å². The minimum Gasteiger partial charge on any atom is -0.457 e. The first-order chi connectivity index (χ1) is 17.1. The Morgan fingerprint density at radius 3 is 2.54 bits per heavy atom. The van der Waals surface area contributed by atoms with Gasteiger partial charge in [0.05, 0.1) is 11.4 Å². The van der Waals surface area contributed by atoms with Gasteiger partial charge in [-0.05, 0) is 49.6 Å². The lowest BCUT2D eigenvalue weighted by molar-refractivity contribution is 0.231. The summed E-state index contributed by atoms with van der Waals surface area (Å²) in [5.41, 5.74) is 9.42. The highest BCUT2D eigenvalue weighted by molar-refractivity contribution is 5.69. The molecule has 3 N–H and O–H groups in total. The lowest BCUT2D eigenvalue weighted by Crippen LogP contribution is -2.36. The van der Waals surface area contributed by atoms with E-state index < -0.39 is 0 Å². The summed E-state index contributed by atoms with van der Waals surface area (Å²) in [5.74, 6) is 1.19. The fraction of sp³-hybridized carbons (Fsp3) is 0.333. The van der Waals surface area contributed by atoms with Crippen molar-refractivity contribution in [1.82, 2.24) is 4.90 Å². The summed E-state index contributed by atoms with van der Waals surface area (Å²) < 4.78 is 21.6. The first-order valence-corrected chi connectivity index (χ1v) is 12.7. The zero-order valence-corrected chi connectivity index (χ0v) is 20.6. The maximum Gasteiger partial charge on any atom is 0.137 e. The Hall–Kier alpha value is -3.47. The molecule has 5 heteroatoms. The van der Waals surface area contributed by atoms with Gasteiger partial charge in [0.25, 0.3) is 0 Å². The Morgan fingerprint density at radius 1 is 1.03 bits per heavy atom. The average molecular weight is 474 g/mol. The van der Waals surface area contributed by atoms with E-state index >= 15 is 4.39 Å². The van der Waals surface area contributed by atoms with Crippen LogP contribution in [0.4, 0.5) is 15.8 Å². The third kappa shape index (κ3) is 6.16. The molecule has 3 aromatic rings. The standard InChI is InChI=1S/C30H36FN3O/c1-3-19-34(24-12-6-4-7-13-24)22(2)27-16-10-11-23(30(27)31)21-33-29-20-26(17-18-28(29)32)35-25-14-8-5-9-15-25/h5,8-11,14-18,20,24,33H,2-4,6-7,12-13,19,21,32H2,1H3. The van der Waals surface area contributed by atoms with Crippen LogP contribution in [0, 0.1) is 5.82 Å². The van der Waals surface area contributed by atoms with E-state index in [0.717, 1.165) is 37.3 Å². The van der Waals surface area contributed by atoms with E-state index in [2.05, 4.69) is 23.7 Å². The third-order valence-corrected chi connectivity index (χ3v) is 6.69. The summed E-state index contributed by atoms with van der Waals surface area (Å²) in [6.45, 7) is 7.71. The lowest BCUT2D eigenvalue weighted by Gasteiger charge is -2.37. The number of nitrogens with two attached hydrogens (primary N) is 1. The number of nitrogens with zero attached hydrogens (tertiary/aromatic N) is 1. The number of para-hydroxylation sites is 1. The van der Waals surface area contributed by atoms with E-state index in [0.29, 0.717) is 40.8 Å². The van der Waals surface area contributed by atoms with Gasteiger partial charge in [-0.2, -0.15) is 0 Å². The van der Waals surface area contributed by atoms with Crippen LogP contribution < -0.4 is 15.8 Å². The van der Waals surface area contributed by atoms with Gasteiger partial charge < -0.3 is 20.7 Å². The van der Waals surface area contributed by atoms with Gasteiger partial charge >= 0.3 is 0 Å². The predicted molar refractivity (Wildman–Crippen MR) is 144 cm³/mol. The van der Waals surface area contributed by atoms with Crippen molar-refractivity contribution in [2.45, 2.75) is 58.0 Å². The molecule has 0 radical (unpaired) electrons. The van der Waals surface area contributed by atoms with Crippen LogP contribution in [0.3, 0.4) is 0 Å². The zero-order valence-electron chi connectivity index (χ0n) is 20.6. The number of nitrogens with one attached hydrogen (secondary N) is 1. The summed E-state index contributed by atoms with van der Waals surface area (Å²) >= 11 is 0. The number of halogens is 1. The number of benzene rings is 3. The highest BCUT2D eigenvalue weighted by atomic mass is 19.1. The predicted octanol–water partition coefficient (Wildman–Crippen LogP) is 7.83. The SMILES string of the molecule is C=C(c1cccc(CNc2cc(Oc3ccccc3)ccc2N)c1F)N(CCC)C1CCCCC1. The number of rotatable bonds is 10. The van der Waals surface area contributed by atoms with Crippen LogP contribution in [0.5, 0.6) is 11.5 Å². The van der Waals surface area contributed by atoms with Crippen LogP contribution >= 0.6 is 0 Å². The third-order valence-electron chi connectivity index (χ3n) is 6.69. The smallest absolute Gasteiger partial charge is 0.137 e. The second kappa shape index (κ2) is 11.8. The molecule has 1 aliphatic rings. The van der Waals surface area contributed by atoms with Crippen molar-refractivity contribution in [2.75, 3.05) is 17.6 Å². The van der Waals surface area contributed by atoms with E-state index in [1.165, 1.54) is 19.3 Å². The largest absolute Gasteiger partial charge is 0.457 e. The Kier molecular flexibility index (Phi) is 8.30. The normalized spacial score (nSPS) is 13.9. The molecule has 4 rings (SSSR count). The highest BCUT2D eigenvalue weighted by Gasteiger charge is 2.24. The van der Waals surface area contributed by atoms with Crippen LogP contribution in [0.1, 0.15) is 56.6 Å². The molecule has 0 atom stereocenters. The monoisotopic (exact) mass is 473 g/mol. The van der Waals surface area contributed by atoms with E-state index in [-0.39, 0.29) is 5.82 Å². The summed E-state index contributed by atoms with van der Waals surface area (Å²) in [4.78, 5) is 2.33. The topological polar surface area (TPSA) is 50.5 Å². The fourth-order valence-corrected chi connectivity index (χ4v) is 4.83. The van der Waals surface area contributed by atoms with Gasteiger partial charge in [-0.1, -0.05) is 63.1 Å². The maximum absolute atomic E-state index is 15.7. The molecule has 3 aromatic carbocycles. The Balaban J connectivity index is 1.49. The molecule has 0 unspecified atom stereocenters. The van der Waals surface area contributed by atoms with Crippen molar-refractivity contribution < 1.29 is 9.13 Å². The average Bonchev–Trinajstić information content (AvgIpc) is 2.89. The van der Waals surface area contributed by atoms with Gasteiger partial charge in [-0.25, -0.2) is 4.39 Å². The zero-order chi connectivity index (χ0) is 24.6. The number of anilines is 2.